The molecule has 0 aliphatic rings. The molecule has 0 aromatic heterocycles. The highest BCUT2D eigenvalue weighted by Gasteiger charge is 2.16. The molecule has 0 aliphatic carbocycles. The van der Waals surface area contributed by atoms with Crippen molar-refractivity contribution in [2.75, 3.05) is 17.2 Å². The van der Waals surface area contributed by atoms with E-state index in [2.05, 4.69) is 50.8 Å². The standard InChI is InChI=1S/C15H26N2S/c1-5-12(4)17(6-2)14-9-8-10-15(18-7-3)13(14)11-16/h8-10,12H,5-7,11,16H2,1-4H3. The minimum absolute atomic E-state index is 0.558. The van der Waals surface area contributed by atoms with Crippen LogP contribution in [0.3, 0.4) is 0 Å². The van der Waals surface area contributed by atoms with E-state index in [0.29, 0.717) is 12.6 Å². The van der Waals surface area contributed by atoms with Crippen LogP contribution in [0.5, 0.6) is 0 Å². The fraction of sp³-hybridized carbons (Fsp3) is 0.600. The lowest BCUT2D eigenvalue weighted by molar-refractivity contribution is 0.626. The van der Waals surface area contributed by atoms with Gasteiger partial charge >= 0.3 is 0 Å². The fourth-order valence-electron chi connectivity index (χ4n) is 2.26. The zero-order valence-corrected chi connectivity index (χ0v) is 12.9. The van der Waals surface area contributed by atoms with Crippen LogP contribution in [0.1, 0.15) is 39.7 Å². The molecule has 0 saturated heterocycles. The number of hydrogen-bond acceptors (Lipinski definition) is 3. The van der Waals surface area contributed by atoms with Crippen LogP contribution in [0.15, 0.2) is 23.1 Å². The molecule has 0 fully saturated rings. The third-order valence-corrected chi connectivity index (χ3v) is 4.37. The SMILES string of the molecule is CCSc1cccc(N(CC)C(C)CC)c1CN. The molecule has 0 aliphatic heterocycles. The predicted molar refractivity (Wildman–Crippen MR) is 83.5 cm³/mol. The highest BCUT2D eigenvalue weighted by Crippen LogP contribution is 2.31. The van der Waals surface area contributed by atoms with Crippen LogP contribution < -0.4 is 10.6 Å². The highest BCUT2D eigenvalue weighted by molar-refractivity contribution is 7.99. The molecule has 3 heteroatoms. The third-order valence-electron chi connectivity index (χ3n) is 3.39. The zero-order valence-electron chi connectivity index (χ0n) is 12.1. The van der Waals surface area contributed by atoms with Crippen LogP contribution in [0.4, 0.5) is 5.69 Å². The molecule has 1 unspecified atom stereocenters. The summed E-state index contributed by atoms with van der Waals surface area (Å²) in [6.45, 7) is 10.6. The van der Waals surface area contributed by atoms with Crippen molar-refractivity contribution < 1.29 is 0 Å². The second-order valence-electron chi connectivity index (χ2n) is 4.43. The molecule has 1 aromatic carbocycles. The zero-order chi connectivity index (χ0) is 13.5. The van der Waals surface area contributed by atoms with Crippen LogP contribution in [-0.2, 0) is 6.54 Å². The third kappa shape index (κ3) is 3.42. The number of anilines is 1. The summed E-state index contributed by atoms with van der Waals surface area (Å²) in [5.74, 6) is 1.09. The minimum Gasteiger partial charge on any atom is -0.369 e. The van der Waals surface area contributed by atoms with E-state index < -0.39 is 0 Å². The number of hydrogen-bond donors (Lipinski definition) is 1. The second kappa shape index (κ2) is 7.70. The number of thioether (sulfide) groups is 1. The van der Waals surface area contributed by atoms with Crippen molar-refractivity contribution in [1.29, 1.82) is 0 Å². The maximum absolute atomic E-state index is 5.98. The first-order valence-electron chi connectivity index (χ1n) is 6.90. The first kappa shape index (κ1) is 15.4. The van der Waals surface area contributed by atoms with Crippen LogP contribution in [0.2, 0.25) is 0 Å². The van der Waals surface area contributed by atoms with E-state index in [1.54, 1.807) is 0 Å². The lowest BCUT2D eigenvalue weighted by atomic mass is 10.1. The van der Waals surface area contributed by atoms with E-state index in [4.69, 9.17) is 5.73 Å². The lowest BCUT2D eigenvalue weighted by Gasteiger charge is -2.32. The van der Waals surface area contributed by atoms with Gasteiger partial charge in [-0.3, -0.25) is 0 Å². The number of nitrogens with zero attached hydrogens (tertiary/aromatic N) is 1. The molecular weight excluding hydrogens is 240 g/mol. The Balaban J connectivity index is 3.16. The molecule has 18 heavy (non-hydrogen) atoms. The second-order valence-corrected chi connectivity index (χ2v) is 5.74. The Morgan fingerprint density at radius 1 is 1.28 bits per heavy atom. The molecule has 0 saturated carbocycles. The Morgan fingerprint density at radius 3 is 2.50 bits per heavy atom. The van der Waals surface area contributed by atoms with E-state index >= 15 is 0 Å². The Morgan fingerprint density at radius 2 is 2.00 bits per heavy atom. The van der Waals surface area contributed by atoms with Crippen molar-refractivity contribution in [3.63, 3.8) is 0 Å². The van der Waals surface area contributed by atoms with Gasteiger partial charge in [0.15, 0.2) is 0 Å². The minimum atomic E-state index is 0.558. The predicted octanol–water partition coefficient (Wildman–Crippen LogP) is 3.88. The first-order chi connectivity index (χ1) is 8.69. The summed E-state index contributed by atoms with van der Waals surface area (Å²) in [6, 6.07) is 7.10. The van der Waals surface area contributed by atoms with Crippen LogP contribution in [-0.4, -0.2) is 18.3 Å². The summed E-state index contributed by atoms with van der Waals surface area (Å²) < 4.78 is 0. The van der Waals surface area contributed by atoms with Gasteiger partial charge < -0.3 is 10.6 Å². The van der Waals surface area contributed by atoms with Gasteiger partial charge in [-0.05, 0) is 38.2 Å². The van der Waals surface area contributed by atoms with Gasteiger partial charge in [0.2, 0.25) is 0 Å². The van der Waals surface area contributed by atoms with Crippen molar-refractivity contribution in [2.45, 2.75) is 51.6 Å². The van der Waals surface area contributed by atoms with E-state index in [0.717, 1.165) is 18.7 Å². The molecule has 2 N–H and O–H groups in total. The first-order valence-corrected chi connectivity index (χ1v) is 7.89. The molecule has 1 aromatic rings. The molecular formula is C15H26N2S. The van der Waals surface area contributed by atoms with E-state index in [-0.39, 0.29) is 0 Å². The number of nitrogens with two attached hydrogens (primary N) is 1. The Hall–Kier alpha value is -0.670. The summed E-state index contributed by atoms with van der Waals surface area (Å²) >= 11 is 1.88. The molecule has 0 spiro atoms. The molecule has 0 bridgehead atoms. The maximum Gasteiger partial charge on any atom is 0.0425 e. The van der Waals surface area contributed by atoms with Gasteiger partial charge in [0.25, 0.3) is 0 Å². The van der Waals surface area contributed by atoms with E-state index in [1.807, 2.05) is 11.8 Å². The van der Waals surface area contributed by atoms with E-state index in [9.17, 15) is 0 Å². The Kier molecular flexibility index (Phi) is 6.58. The highest BCUT2D eigenvalue weighted by atomic mass is 32.2. The van der Waals surface area contributed by atoms with Crippen LogP contribution in [0, 0.1) is 0 Å². The van der Waals surface area contributed by atoms with Crippen molar-refractivity contribution >= 4 is 17.4 Å². The number of benzene rings is 1. The Bertz CT molecular complexity index is 366. The average molecular weight is 266 g/mol. The van der Waals surface area contributed by atoms with Crippen molar-refractivity contribution in [1.82, 2.24) is 0 Å². The maximum atomic E-state index is 5.98. The van der Waals surface area contributed by atoms with Gasteiger partial charge in [0.05, 0.1) is 0 Å². The van der Waals surface area contributed by atoms with Crippen molar-refractivity contribution in [3.05, 3.63) is 23.8 Å². The van der Waals surface area contributed by atoms with Gasteiger partial charge in [0.1, 0.15) is 0 Å². The molecule has 2 nitrogen and oxygen atoms in total. The lowest BCUT2D eigenvalue weighted by Crippen LogP contribution is -2.33. The van der Waals surface area contributed by atoms with E-state index in [1.165, 1.54) is 16.1 Å². The van der Waals surface area contributed by atoms with Crippen molar-refractivity contribution in [2.24, 2.45) is 5.73 Å². The average Bonchev–Trinajstić information content (AvgIpc) is 2.40. The molecule has 1 atom stereocenters. The fourth-order valence-corrected chi connectivity index (χ4v) is 3.11. The molecule has 0 radical (unpaired) electrons. The molecule has 1 rings (SSSR count). The normalized spacial score (nSPS) is 12.5. The molecule has 102 valence electrons. The quantitative estimate of drug-likeness (QED) is 0.759. The smallest absolute Gasteiger partial charge is 0.0425 e. The van der Waals surface area contributed by atoms with Gasteiger partial charge in [-0.1, -0.05) is 19.9 Å². The molecule has 0 amide bonds. The van der Waals surface area contributed by atoms with Gasteiger partial charge in [0, 0.05) is 35.3 Å². The van der Waals surface area contributed by atoms with Crippen molar-refractivity contribution in [3.8, 4) is 0 Å². The van der Waals surface area contributed by atoms with Crippen LogP contribution in [0.25, 0.3) is 0 Å². The monoisotopic (exact) mass is 266 g/mol. The molecule has 0 heterocycles. The van der Waals surface area contributed by atoms with Gasteiger partial charge in [-0.15, -0.1) is 11.8 Å². The summed E-state index contributed by atoms with van der Waals surface area (Å²) in [7, 11) is 0. The van der Waals surface area contributed by atoms with Crippen LogP contribution >= 0.6 is 11.8 Å². The summed E-state index contributed by atoms with van der Waals surface area (Å²) in [5.41, 5.74) is 8.59. The van der Waals surface area contributed by atoms with Gasteiger partial charge in [-0.25, -0.2) is 0 Å². The topological polar surface area (TPSA) is 29.3 Å². The summed E-state index contributed by atoms with van der Waals surface area (Å²) in [6.07, 6.45) is 1.16. The summed E-state index contributed by atoms with van der Waals surface area (Å²) in [4.78, 5) is 3.79. The van der Waals surface area contributed by atoms with Gasteiger partial charge in [-0.2, -0.15) is 0 Å². The number of rotatable bonds is 7. The Labute approximate surface area is 116 Å². The largest absolute Gasteiger partial charge is 0.369 e. The summed E-state index contributed by atoms with van der Waals surface area (Å²) in [5, 5.41) is 0.